The Labute approximate surface area is 132 Å². The van der Waals surface area contributed by atoms with E-state index in [0.717, 1.165) is 10.9 Å². The minimum Gasteiger partial charge on any atom is -0.351 e. The molecule has 0 fully saturated rings. The first-order valence-electron chi connectivity index (χ1n) is 6.95. The SMILES string of the molecule is NC(=O)Nc1ccc(C(=O)Nc2cccc3cccnc23)cc1. The molecule has 0 saturated heterocycles. The van der Waals surface area contributed by atoms with Gasteiger partial charge in [0.05, 0.1) is 11.2 Å². The number of nitrogens with one attached hydrogen (secondary N) is 2. The molecule has 114 valence electrons. The second kappa shape index (κ2) is 6.15. The highest BCUT2D eigenvalue weighted by atomic mass is 16.2. The van der Waals surface area contributed by atoms with Crippen LogP contribution < -0.4 is 16.4 Å². The number of pyridine rings is 1. The fourth-order valence-electron chi connectivity index (χ4n) is 2.25. The summed E-state index contributed by atoms with van der Waals surface area (Å²) < 4.78 is 0. The van der Waals surface area contributed by atoms with Gasteiger partial charge in [-0.3, -0.25) is 9.78 Å². The summed E-state index contributed by atoms with van der Waals surface area (Å²) in [6, 6.07) is 15.2. The molecule has 4 N–H and O–H groups in total. The summed E-state index contributed by atoms with van der Waals surface area (Å²) in [7, 11) is 0. The van der Waals surface area contributed by atoms with Gasteiger partial charge in [-0.25, -0.2) is 4.79 Å². The zero-order chi connectivity index (χ0) is 16.2. The number of anilines is 2. The van der Waals surface area contributed by atoms with Crippen LogP contribution in [0.5, 0.6) is 0 Å². The van der Waals surface area contributed by atoms with E-state index < -0.39 is 6.03 Å². The van der Waals surface area contributed by atoms with E-state index in [9.17, 15) is 9.59 Å². The number of primary amides is 1. The van der Waals surface area contributed by atoms with Crippen LogP contribution in [0.25, 0.3) is 10.9 Å². The lowest BCUT2D eigenvalue weighted by molar-refractivity contribution is 0.102. The average molecular weight is 306 g/mol. The lowest BCUT2D eigenvalue weighted by Gasteiger charge is -2.08. The number of amides is 3. The molecule has 3 rings (SSSR count). The van der Waals surface area contributed by atoms with Gasteiger partial charge in [0.2, 0.25) is 0 Å². The van der Waals surface area contributed by atoms with Crippen molar-refractivity contribution in [3.63, 3.8) is 0 Å². The number of fused-ring (bicyclic) bond motifs is 1. The number of nitrogens with two attached hydrogens (primary N) is 1. The Hall–Kier alpha value is -3.41. The number of hydrogen-bond acceptors (Lipinski definition) is 3. The van der Waals surface area contributed by atoms with Crippen LogP contribution in [-0.2, 0) is 0 Å². The summed E-state index contributed by atoms with van der Waals surface area (Å²) in [5.41, 5.74) is 7.41. The van der Waals surface area contributed by atoms with Crippen LogP contribution in [0.4, 0.5) is 16.2 Å². The van der Waals surface area contributed by atoms with Crippen LogP contribution in [0.1, 0.15) is 10.4 Å². The Morgan fingerprint density at radius 2 is 1.65 bits per heavy atom. The number of para-hydroxylation sites is 1. The Morgan fingerprint density at radius 3 is 2.39 bits per heavy atom. The van der Waals surface area contributed by atoms with Crippen molar-refractivity contribution in [1.29, 1.82) is 0 Å². The molecule has 1 aromatic heterocycles. The average Bonchev–Trinajstić information content (AvgIpc) is 2.55. The minimum absolute atomic E-state index is 0.256. The zero-order valence-electron chi connectivity index (χ0n) is 12.1. The highest BCUT2D eigenvalue weighted by Crippen LogP contribution is 2.21. The number of urea groups is 1. The van der Waals surface area contributed by atoms with Crippen LogP contribution in [-0.4, -0.2) is 16.9 Å². The fourth-order valence-corrected chi connectivity index (χ4v) is 2.25. The van der Waals surface area contributed by atoms with Crippen LogP contribution in [0, 0.1) is 0 Å². The fraction of sp³-hybridized carbons (Fsp3) is 0. The minimum atomic E-state index is -0.649. The van der Waals surface area contributed by atoms with Crippen molar-refractivity contribution >= 4 is 34.2 Å². The van der Waals surface area contributed by atoms with Crippen molar-refractivity contribution in [2.24, 2.45) is 5.73 Å². The Morgan fingerprint density at radius 1 is 0.913 bits per heavy atom. The van der Waals surface area contributed by atoms with E-state index >= 15 is 0 Å². The predicted octanol–water partition coefficient (Wildman–Crippen LogP) is 2.98. The first-order valence-corrected chi connectivity index (χ1v) is 6.95. The van der Waals surface area contributed by atoms with Gasteiger partial charge in [0.15, 0.2) is 0 Å². The van der Waals surface area contributed by atoms with E-state index in [1.807, 2.05) is 24.3 Å². The number of nitrogens with zero attached hydrogens (tertiary/aromatic N) is 1. The summed E-state index contributed by atoms with van der Waals surface area (Å²) in [4.78, 5) is 27.4. The smallest absolute Gasteiger partial charge is 0.316 e. The molecule has 3 aromatic rings. The van der Waals surface area contributed by atoms with Crippen LogP contribution in [0.2, 0.25) is 0 Å². The van der Waals surface area contributed by atoms with Gasteiger partial charge >= 0.3 is 6.03 Å². The molecule has 23 heavy (non-hydrogen) atoms. The lowest BCUT2D eigenvalue weighted by Crippen LogP contribution is -2.19. The van der Waals surface area contributed by atoms with Crippen molar-refractivity contribution < 1.29 is 9.59 Å². The number of carbonyl (C=O) groups excluding carboxylic acids is 2. The first-order chi connectivity index (χ1) is 11.1. The summed E-state index contributed by atoms with van der Waals surface area (Å²) in [5, 5.41) is 6.24. The molecule has 3 amide bonds. The summed E-state index contributed by atoms with van der Waals surface area (Å²) >= 11 is 0. The van der Waals surface area contributed by atoms with Gasteiger partial charge < -0.3 is 16.4 Å². The van der Waals surface area contributed by atoms with E-state index in [-0.39, 0.29) is 5.91 Å². The van der Waals surface area contributed by atoms with Gasteiger partial charge in [-0.1, -0.05) is 18.2 Å². The van der Waals surface area contributed by atoms with Gasteiger partial charge in [-0.15, -0.1) is 0 Å². The number of hydrogen-bond donors (Lipinski definition) is 3. The summed E-state index contributed by atoms with van der Waals surface area (Å²) in [6.07, 6.45) is 1.68. The molecule has 0 aliphatic rings. The number of carbonyl (C=O) groups is 2. The predicted molar refractivity (Wildman–Crippen MR) is 89.3 cm³/mol. The van der Waals surface area contributed by atoms with E-state index in [4.69, 9.17) is 5.73 Å². The van der Waals surface area contributed by atoms with Gasteiger partial charge in [-0.05, 0) is 36.4 Å². The van der Waals surface area contributed by atoms with Gasteiger partial charge in [0.25, 0.3) is 5.91 Å². The third-order valence-electron chi connectivity index (χ3n) is 3.30. The number of benzene rings is 2. The van der Waals surface area contributed by atoms with Crippen molar-refractivity contribution in [2.75, 3.05) is 10.6 Å². The summed E-state index contributed by atoms with van der Waals surface area (Å²) in [5.74, 6) is -0.256. The molecule has 1 heterocycles. The molecule has 0 saturated carbocycles. The highest BCUT2D eigenvalue weighted by Gasteiger charge is 2.09. The highest BCUT2D eigenvalue weighted by molar-refractivity contribution is 6.08. The molecule has 0 radical (unpaired) electrons. The summed E-state index contributed by atoms with van der Waals surface area (Å²) in [6.45, 7) is 0. The maximum absolute atomic E-state index is 12.3. The standard InChI is InChI=1S/C17H14N4O2/c18-17(23)20-13-8-6-12(7-9-13)16(22)21-14-5-1-3-11-4-2-10-19-15(11)14/h1-10H,(H,21,22)(H3,18,20,23). The third kappa shape index (κ3) is 3.26. The van der Waals surface area contributed by atoms with Gasteiger partial charge in [-0.2, -0.15) is 0 Å². The molecule has 0 aliphatic heterocycles. The number of aromatic nitrogens is 1. The molecule has 2 aromatic carbocycles. The molecule has 0 aliphatic carbocycles. The molecule has 0 atom stereocenters. The number of rotatable bonds is 3. The maximum Gasteiger partial charge on any atom is 0.316 e. The second-order valence-corrected chi connectivity index (χ2v) is 4.90. The van der Waals surface area contributed by atoms with Crippen molar-refractivity contribution in [1.82, 2.24) is 4.98 Å². The van der Waals surface area contributed by atoms with Crippen LogP contribution in [0.3, 0.4) is 0 Å². The molecule has 6 heteroatoms. The normalized spacial score (nSPS) is 10.3. The lowest BCUT2D eigenvalue weighted by atomic mass is 10.1. The van der Waals surface area contributed by atoms with Crippen molar-refractivity contribution in [3.05, 3.63) is 66.4 Å². The van der Waals surface area contributed by atoms with E-state index in [0.29, 0.717) is 16.9 Å². The third-order valence-corrected chi connectivity index (χ3v) is 3.30. The van der Waals surface area contributed by atoms with E-state index in [2.05, 4.69) is 15.6 Å². The Balaban J connectivity index is 1.82. The first kappa shape index (κ1) is 14.5. The Kier molecular flexibility index (Phi) is 3.88. The quantitative estimate of drug-likeness (QED) is 0.694. The van der Waals surface area contributed by atoms with Crippen molar-refractivity contribution in [3.8, 4) is 0 Å². The molecular weight excluding hydrogens is 292 g/mol. The molecule has 6 nitrogen and oxygen atoms in total. The topological polar surface area (TPSA) is 97.1 Å². The monoisotopic (exact) mass is 306 g/mol. The molecule has 0 spiro atoms. The zero-order valence-corrected chi connectivity index (χ0v) is 12.1. The Bertz CT molecular complexity index is 870. The van der Waals surface area contributed by atoms with E-state index in [1.54, 1.807) is 36.5 Å². The van der Waals surface area contributed by atoms with Crippen LogP contribution in [0.15, 0.2) is 60.8 Å². The molecule has 0 unspecified atom stereocenters. The molecule has 0 bridgehead atoms. The van der Waals surface area contributed by atoms with Crippen molar-refractivity contribution in [2.45, 2.75) is 0 Å². The maximum atomic E-state index is 12.3. The van der Waals surface area contributed by atoms with Gasteiger partial charge in [0, 0.05) is 22.8 Å². The van der Waals surface area contributed by atoms with E-state index in [1.165, 1.54) is 0 Å². The van der Waals surface area contributed by atoms with Crippen LogP contribution >= 0.6 is 0 Å². The largest absolute Gasteiger partial charge is 0.351 e. The van der Waals surface area contributed by atoms with Gasteiger partial charge in [0.1, 0.15) is 0 Å². The second-order valence-electron chi connectivity index (χ2n) is 4.90. The molecular formula is C17H14N4O2.